The summed E-state index contributed by atoms with van der Waals surface area (Å²) < 4.78 is 5.89. The minimum atomic E-state index is -0.0276. The van der Waals surface area contributed by atoms with Gasteiger partial charge in [0.1, 0.15) is 0 Å². The predicted octanol–water partition coefficient (Wildman–Crippen LogP) is 3.61. The number of benzene rings is 1. The first kappa shape index (κ1) is 17.8. The molecule has 4 heteroatoms. The molecule has 1 N–H and O–H groups in total. The second-order valence-electron chi connectivity index (χ2n) is 6.30. The fourth-order valence-electron chi connectivity index (χ4n) is 2.95. The highest BCUT2D eigenvalue weighted by Gasteiger charge is 2.12. The van der Waals surface area contributed by atoms with Crippen LogP contribution in [-0.4, -0.2) is 38.8 Å². The van der Waals surface area contributed by atoms with Gasteiger partial charge < -0.3 is 15.0 Å². The van der Waals surface area contributed by atoms with Gasteiger partial charge in [0.25, 0.3) is 5.91 Å². The van der Waals surface area contributed by atoms with E-state index in [1.807, 2.05) is 31.3 Å². The van der Waals surface area contributed by atoms with Crippen LogP contribution in [0, 0.1) is 0 Å². The summed E-state index contributed by atoms with van der Waals surface area (Å²) in [6, 6.07) is 7.73. The van der Waals surface area contributed by atoms with E-state index in [9.17, 15) is 4.79 Å². The lowest BCUT2D eigenvalue weighted by Crippen LogP contribution is -2.28. The van der Waals surface area contributed by atoms with Crippen LogP contribution in [0.1, 0.15) is 55.8 Å². The van der Waals surface area contributed by atoms with Gasteiger partial charge in [-0.3, -0.25) is 4.79 Å². The summed E-state index contributed by atoms with van der Waals surface area (Å²) in [5.41, 5.74) is 1.83. The van der Waals surface area contributed by atoms with Gasteiger partial charge in [0, 0.05) is 31.4 Å². The standard InChI is InChI=1S/C19H30N2O2/c1-3-21(2)17-12-10-16(11-13-17)19(22)20-14-15-23-18-8-6-4-5-7-9-18/h10-13,18H,3-9,14-15H2,1-2H3,(H,20,22). The zero-order valence-corrected chi connectivity index (χ0v) is 14.5. The van der Waals surface area contributed by atoms with Crippen molar-refractivity contribution in [2.75, 3.05) is 31.6 Å². The number of nitrogens with one attached hydrogen (secondary N) is 1. The van der Waals surface area contributed by atoms with Crippen molar-refractivity contribution in [2.45, 2.75) is 51.6 Å². The molecule has 1 amide bonds. The van der Waals surface area contributed by atoms with E-state index in [-0.39, 0.29) is 5.91 Å². The van der Waals surface area contributed by atoms with Crippen molar-refractivity contribution < 1.29 is 9.53 Å². The molecule has 0 saturated heterocycles. The maximum Gasteiger partial charge on any atom is 0.251 e. The van der Waals surface area contributed by atoms with E-state index in [1.54, 1.807) is 0 Å². The summed E-state index contributed by atoms with van der Waals surface area (Å²) in [6.07, 6.45) is 7.93. The molecule has 0 aromatic heterocycles. The summed E-state index contributed by atoms with van der Waals surface area (Å²) in [4.78, 5) is 14.3. The largest absolute Gasteiger partial charge is 0.376 e. The molecule has 1 saturated carbocycles. The fraction of sp³-hybridized carbons (Fsp3) is 0.632. The summed E-state index contributed by atoms with van der Waals surface area (Å²) in [6.45, 7) is 4.23. The molecule has 0 spiro atoms. The number of ether oxygens (including phenoxy) is 1. The Morgan fingerprint density at radius 1 is 1.17 bits per heavy atom. The summed E-state index contributed by atoms with van der Waals surface area (Å²) in [5, 5.41) is 2.94. The number of hydrogen-bond acceptors (Lipinski definition) is 3. The second kappa shape index (κ2) is 9.56. The molecule has 0 aliphatic heterocycles. The zero-order valence-electron chi connectivity index (χ0n) is 14.5. The highest BCUT2D eigenvalue weighted by Crippen LogP contribution is 2.19. The monoisotopic (exact) mass is 318 g/mol. The third kappa shape index (κ3) is 5.87. The van der Waals surface area contributed by atoms with Crippen LogP contribution in [0.15, 0.2) is 24.3 Å². The summed E-state index contributed by atoms with van der Waals surface area (Å²) in [5.74, 6) is -0.0276. The SMILES string of the molecule is CCN(C)c1ccc(C(=O)NCCOC2CCCCCC2)cc1. The van der Waals surface area contributed by atoms with E-state index in [0.717, 1.165) is 12.2 Å². The Labute approximate surface area is 140 Å². The Morgan fingerprint density at radius 3 is 2.43 bits per heavy atom. The number of carbonyl (C=O) groups excluding carboxylic acids is 1. The van der Waals surface area contributed by atoms with Crippen LogP contribution >= 0.6 is 0 Å². The highest BCUT2D eigenvalue weighted by atomic mass is 16.5. The van der Waals surface area contributed by atoms with Crippen LogP contribution < -0.4 is 10.2 Å². The first-order chi connectivity index (χ1) is 11.2. The third-order valence-corrected chi connectivity index (χ3v) is 4.59. The van der Waals surface area contributed by atoms with Crippen LogP contribution in [0.4, 0.5) is 5.69 Å². The van der Waals surface area contributed by atoms with Gasteiger partial charge in [0.2, 0.25) is 0 Å². The molecular weight excluding hydrogens is 288 g/mol. The second-order valence-corrected chi connectivity index (χ2v) is 6.30. The quantitative estimate of drug-likeness (QED) is 0.617. The first-order valence-electron chi connectivity index (χ1n) is 8.91. The Morgan fingerprint density at radius 2 is 1.83 bits per heavy atom. The van der Waals surface area contributed by atoms with Crippen molar-refractivity contribution in [3.05, 3.63) is 29.8 Å². The van der Waals surface area contributed by atoms with Gasteiger partial charge in [-0.15, -0.1) is 0 Å². The average Bonchev–Trinajstić information content (AvgIpc) is 2.86. The van der Waals surface area contributed by atoms with E-state index in [0.29, 0.717) is 24.8 Å². The Hall–Kier alpha value is -1.55. The van der Waals surface area contributed by atoms with Crippen molar-refractivity contribution in [1.29, 1.82) is 0 Å². The lowest BCUT2D eigenvalue weighted by molar-refractivity contribution is 0.0442. The lowest BCUT2D eigenvalue weighted by atomic mass is 10.1. The van der Waals surface area contributed by atoms with Gasteiger partial charge in [-0.2, -0.15) is 0 Å². The lowest BCUT2D eigenvalue weighted by Gasteiger charge is -2.17. The van der Waals surface area contributed by atoms with Crippen LogP contribution in [0.5, 0.6) is 0 Å². The van der Waals surface area contributed by atoms with Crippen LogP contribution in [0.2, 0.25) is 0 Å². The fourth-order valence-corrected chi connectivity index (χ4v) is 2.95. The number of rotatable bonds is 7. The zero-order chi connectivity index (χ0) is 16.5. The molecule has 1 aromatic carbocycles. The van der Waals surface area contributed by atoms with Gasteiger partial charge in [0.05, 0.1) is 12.7 Å². The van der Waals surface area contributed by atoms with Crippen LogP contribution in [0.25, 0.3) is 0 Å². The average molecular weight is 318 g/mol. The first-order valence-corrected chi connectivity index (χ1v) is 8.91. The van der Waals surface area contributed by atoms with Gasteiger partial charge in [-0.1, -0.05) is 25.7 Å². The van der Waals surface area contributed by atoms with Gasteiger partial charge >= 0.3 is 0 Å². The summed E-state index contributed by atoms with van der Waals surface area (Å²) in [7, 11) is 2.04. The third-order valence-electron chi connectivity index (χ3n) is 4.59. The molecular formula is C19H30N2O2. The number of amides is 1. The minimum Gasteiger partial charge on any atom is -0.376 e. The number of carbonyl (C=O) groups is 1. The minimum absolute atomic E-state index is 0.0276. The van der Waals surface area contributed by atoms with E-state index < -0.39 is 0 Å². The van der Waals surface area contributed by atoms with Gasteiger partial charge in [0.15, 0.2) is 0 Å². The number of nitrogens with zero attached hydrogens (tertiary/aromatic N) is 1. The number of hydrogen-bond donors (Lipinski definition) is 1. The van der Waals surface area contributed by atoms with Gasteiger partial charge in [-0.05, 0) is 44.0 Å². The molecule has 1 aromatic rings. The maximum atomic E-state index is 12.1. The van der Waals surface area contributed by atoms with E-state index in [4.69, 9.17) is 4.74 Å². The van der Waals surface area contributed by atoms with E-state index >= 15 is 0 Å². The Kier molecular flexibility index (Phi) is 7.40. The molecule has 0 atom stereocenters. The van der Waals surface area contributed by atoms with Crippen molar-refractivity contribution in [3.8, 4) is 0 Å². The topological polar surface area (TPSA) is 41.6 Å². The van der Waals surface area contributed by atoms with Crippen molar-refractivity contribution in [2.24, 2.45) is 0 Å². The number of anilines is 1. The van der Waals surface area contributed by atoms with Crippen molar-refractivity contribution >= 4 is 11.6 Å². The van der Waals surface area contributed by atoms with E-state index in [1.165, 1.54) is 38.5 Å². The molecule has 0 radical (unpaired) electrons. The Balaban J connectivity index is 1.69. The molecule has 0 bridgehead atoms. The molecule has 4 nitrogen and oxygen atoms in total. The van der Waals surface area contributed by atoms with Gasteiger partial charge in [-0.25, -0.2) is 0 Å². The summed E-state index contributed by atoms with van der Waals surface area (Å²) >= 11 is 0. The van der Waals surface area contributed by atoms with E-state index in [2.05, 4.69) is 17.1 Å². The molecule has 1 aliphatic rings. The molecule has 2 rings (SSSR count). The normalized spacial score (nSPS) is 15.9. The molecule has 0 unspecified atom stereocenters. The molecule has 1 fully saturated rings. The predicted molar refractivity (Wildman–Crippen MR) is 95.2 cm³/mol. The smallest absolute Gasteiger partial charge is 0.251 e. The maximum absolute atomic E-state index is 12.1. The van der Waals surface area contributed by atoms with Crippen LogP contribution in [0.3, 0.4) is 0 Å². The molecule has 23 heavy (non-hydrogen) atoms. The molecule has 1 aliphatic carbocycles. The Bertz CT molecular complexity index is 465. The highest BCUT2D eigenvalue weighted by molar-refractivity contribution is 5.94. The van der Waals surface area contributed by atoms with Crippen molar-refractivity contribution in [3.63, 3.8) is 0 Å². The molecule has 128 valence electrons. The van der Waals surface area contributed by atoms with Crippen molar-refractivity contribution in [1.82, 2.24) is 5.32 Å². The molecule has 0 heterocycles. The van der Waals surface area contributed by atoms with Crippen LogP contribution in [-0.2, 0) is 4.74 Å².